The molecule has 1 aliphatic carbocycles. The molecule has 0 saturated heterocycles. The number of nitrogens with one attached hydrogen (secondary N) is 2. The average Bonchev–Trinajstić information content (AvgIpc) is 3.25. The Bertz CT molecular complexity index is 1720. The molecule has 3 aromatic carbocycles. The van der Waals surface area contributed by atoms with Crippen LogP contribution in [0.2, 0.25) is 5.02 Å². The Morgan fingerprint density at radius 1 is 1.16 bits per heavy atom. The highest BCUT2D eigenvalue weighted by Gasteiger charge is 2.39. The number of hydrogen-bond donors (Lipinski definition) is 3. The molecule has 0 aliphatic heterocycles. The fourth-order valence-electron chi connectivity index (χ4n) is 5.50. The van der Waals surface area contributed by atoms with Crippen molar-refractivity contribution >= 4 is 39.3 Å². The Balaban J connectivity index is 1.41. The SMILES string of the molecule is COc1ccc2nc(-c3ccccc3)cc(C(=O)NC3(O)Cc4c([nH]c5cc(Cl)c(F)cc45)C(C)C3)c2c1. The van der Waals surface area contributed by atoms with Gasteiger partial charge in [-0.1, -0.05) is 48.9 Å². The van der Waals surface area contributed by atoms with Crippen LogP contribution in [0.3, 0.4) is 0 Å². The standard InChI is InChI=1S/C30H25ClFN3O3/c1-16-14-30(37,15-22-20-11-24(32)23(31)13-27(20)34-28(16)22)35-29(36)21-12-26(17-6-4-3-5-7-17)33-25-9-8-18(38-2)10-19(21)25/h3-13,16,34,37H,14-15H2,1-2H3,(H,35,36). The molecule has 2 heterocycles. The first-order valence-corrected chi connectivity index (χ1v) is 12.7. The van der Waals surface area contributed by atoms with E-state index in [-0.39, 0.29) is 23.8 Å². The van der Waals surface area contributed by atoms with Gasteiger partial charge in [-0.05, 0) is 42.0 Å². The summed E-state index contributed by atoms with van der Waals surface area (Å²) in [5.41, 5.74) is 3.34. The summed E-state index contributed by atoms with van der Waals surface area (Å²) >= 11 is 5.99. The van der Waals surface area contributed by atoms with Gasteiger partial charge >= 0.3 is 0 Å². The zero-order valence-electron chi connectivity index (χ0n) is 20.8. The molecule has 5 aromatic rings. The van der Waals surface area contributed by atoms with Crippen LogP contribution >= 0.6 is 11.6 Å². The van der Waals surface area contributed by atoms with Crippen LogP contribution in [-0.4, -0.2) is 33.8 Å². The molecule has 192 valence electrons. The third kappa shape index (κ3) is 4.18. The molecule has 0 radical (unpaired) electrons. The number of amides is 1. The Kier molecular flexibility index (Phi) is 5.85. The Morgan fingerprint density at radius 3 is 2.71 bits per heavy atom. The number of aliphatic hydroxyl groups is 1. The van der Waals surface area contributed by atoms with Crippen molar-refractivity contribution in [3.8, 4) is 17.0 Å². The molecular weight excluding hydrogens is 505 g/mol. The first-order valence-electron chi connectivity index (χ1n) is 12.3. The number of pyridine rings is 1. The van der Waals surface area contributed by atoms with Gasteiger partial charge in [0.25, 0.3) is 5.91 Å². The maximum absolute atomic E-state index is 14.3. The van der Waals surface area contributed by atoms with Gasteiger partial charge in [-0.15, -0.1) is 0 Å². The molecule has 0 bridgehead atoms. The number of ether oxygens (including phenoxy) is 1. The normalized spacial score (nSPS) is 18.9. The third-order valence-electron chi connectivity index (χ3n) is 7.26. The Labute approximate surface area is 223 Å². The first-order chi connectivity index (χ1) is 18.2. The van der Waals surface area contributed by atoms with Crippen LogP contribution < -0.4 is 10.1 Å². The molecule has 6 nitrogen and oxygen atoms in total. The number of benzene rings is 3. The van der Waals surface area contributed by atoms with Gasteiger partial charge in [0.05, 0.1) is 28.9 Å². The van der Waals surface area contributed by atoms with E-state index in [0.29, 0.717) is 38.8 Å². The number of nitrogens with zero attached hydrogens (tertiary/aromatic N) is 1. The lowest BCUT2D eigenvalue weighted by molar-refractivity contribution is -0.00907. The zero-order valence-corrected chi connectivity index (χ0v) is 21.6. The van der Waals surface area contributed by atoms with E-state index in [2.05, 4.69) is 10.3 Å². The molecule has 8 heteroatoms. The van der Waals surface area contributed by atoms with Gasteiger partial charge in [0.2, 0.25) is 0 Å². The summed E-state index contributed by atoms with van der Waals surface area (Å²) in [6, 6.07) is 19.6. The second-order valence-electron chi connectivity index (χ2n) is 9.90. The lowest BCUT2D eigenvalue weighted by Crippen LogP contribution is -2.52. The summed E-state index contributed by atoms with van der Waals surface area (Å²) in [5.74, 6) is -0.491. The molecule has 1 aliphatic rings. The van der Waals surface area contributed by atoms with Crippen LogP contribution in [0.4, 0.5) is 4.39 Å². The number of rotatable bonds is 4. The number of carbonyl (C=O) groups is 1. The molecule has 0 spiro atoms. The number of H-pyrrole nitrogens is 1. The van der Waals surface area contributed by atoms with Crippen molar-refractivity contribution in [1.82, 2.24) is 15.3 Å². The third-order valence-corrected chi connectivity index (χ3v) is 7.55. The van der Waals surface area contributed by atoms with Gasteiger partial charge in [-0.3, -0.25) is 4.79 Å². The van der Waals surface area contributed by atoms with Gasteiger partial charge in [-0.2, -0.15) is 0 Å². The molecule has 0 saturated carbocycles. The van der Waals surface area contributed by atoms with E-state index in [1.165, 1.54) is 6.07 Å². The molecule has 6 rings (SSSR count). The zero-order chi connectivity index (χ0) is 26.6. The van der Waals surface area contributed by atoms with Crippen LogP contribution in [-0.2, 0) is 6.42 Å². The number of carbonyl (C=O) groups excluding carboxylic acids is 1. The van der Waals surface area contributed by atoms with Crippen LogP contribution in [0.25, 0.3) is 33.1 Å². The van der Waals surface area contributed by atoms with Gasteiger partial charge in [-0.25, -0.2) is 9.37 Å². The first kappa shape index (κ1) is 24.4. The second kappa shape index (κ2) is 9.11. The number of fused-ring (bicyclic) bond motifs is 4. The predicted molar refractivity (Wildman–Crippen MR) is 146 cm³/mol. The van der Waals surface area contributed by atoms with Crippen molar-refractivity contribution in [2.75, 3.05) is 7.11 Å². The predicted octanol–water partition coefficient (Wildman–Crippen LogP) is 6.35. The molecule has 2 aromatic heterocycles. The van der Waals surface area contributed by atoms with Crippen LogP contribution in [0, 0.1) is 5.82 Å². The summed E-state index contributed by atoms with van der Waals surface area (Å²) in [6.45, 7) is 1.96. The molecule has 1 amide bonds. The van der Waals surface area contributed by atoms with Crippen molar-refractivity contribution < 1.29 is 19.0 Å². The summed E-state index contributed by atoms with van der Waals surface area (Å²) < 4.78 is 19.7. The Hall–Kier alpha value is -3.94. The highest BCUT2D eigenvalue weighted by Crippen LogP contribution is 2.41. The minimum atomic E-state index is -1.55. The van der Waals surface area contributed by atoms with Crippen LogP contribution in [0.15, 0.2) is 66.7 Å². The summed E-state index contributed by atoms with van der Waals surface area (Å²) in [6.07, 6.45) is 0.407. The number of aromatic nitrogens is 2. The minimum Gasteiger partial charge on any atom is -0.497 e. The lowest BCUT2D eigenvalue weighted by atomic mass is 9.81. The highest BCUT2D eigenvalue weighted by atomic mass is 35.5. The fraction of sp³-hybridized carbons (Fsp3) is 0.200. The Morgan fingerprint density at radius 2 is 1.95 bits per heavy atom. The summed E-state index contributed by atoms with van der Waals surface area (Å²) in [5, 5.41) is 15.8. The number of halogens is 2. The van der Waals surface area contributed by atoms with E-state index in [1.807, 2.05) is 43.3 Å². The average molecular weight is 530 g/mol. The summed E-state index contributed by atoms with van der Waals surface area (Å²) in [4.78, 5) is 21.9. The second-order valence-corrected chi connectivity index (χ2v) is 10.3. The molecular formula is C30H25ClFN3O3. The van der Waals surface area contributed by atoms with Crippen LogP contribution in [0.1, 0.15) is 40.9 Å². The van der Waals surface area contributed by atoms with Gasteiger partial charge in [0, 0.05) is 46.3 Å². The van der Waals surface area contributed by atoms with Gasteiger partial charge in [0.1, 0.15) is 17.3 Å². The number of hydrogen-bond acceptors (Lipinski definition) is 4. The van der Waals surface area contributed by atoms with Gasteiger partial charge < -0.3 is 20.1 Å². The monoisotopic (exact) mass is 529 g/mol. The van der Waals surface area contributed by atoms with Crippen molar-refractivity contribution in [2.24, 2.45) is 0 Å². The van der Waals surface area contributed by atoms with E-state index in [1.54, 1.807) is 31.4 Å². The molecule has 3 N–H and O–H groups in total. The largest absolute Gasteiger partial charge is 0.497 e. The topological polar surface area (TPSA) is 87.2 Å². The number of aromatic amines is 1. The fourth-order valence-corrected chi connectivity index (χ4v) is 5.66. The van der Waals surface area contributed by atoms with E-state index >= 15 is 0 Å². The quantitative estimate of drug-likeness (QED) is 0.237. The molecule has 0 fully saturated rings. The molecule has 38 heavy (non-hydrogen) atoms. The van der Waals surface area contributed by atoms with E-state index in [0.717, 1.165) is 16.8 Å². The van der Waals surface area contributed by atoms with Crippen molar-refractivity contribution in [1.29, 1.82) is 0 Å². The maximum atomic E-state index is 14.3. The van der Waals surface area contributed by atoms with Crippen molar-refractivity contribution in [3.63, 3.8) is 0 Å². The van der Waals surface area contributed by atoms with E-state index in [9.17, 15) is 14.3 Å². The maximum Gasteiger partial charge on any atom is 0.254 e. The van der Waals surface area contributed by atoms with Gasteiger partial charge in [0.15, 0.2) is 0 Å². The summed E-state index contributed by atoms with van der Waals surface area (Å²) in [7, 11) is 1.56. The highest BCUT2D eigenvalue weighted by molar-refractivity contribution is 6.31. The minimum absolute atomic E-state index is 0.0292. The van der Waals surface area contributed by atoms with Crippen molar-refractivity contribution in [3.05, 3.63) is 94.4 Å². The van der Waals surface area contributed by atoms with E-state index in [4.69, 9.17) is 21.3 Å². The lowest BCUT2D eigenvalue weighted by Gasteiger charge is -2.36. The number of methoxy groups -OCH3 is 1. The van der Waals surface area contributed by atoms with Crippen LogP contribution in [0.5, 0.6) is 5.75 Å². The molecule has 2 atom stereocenters. The van der Waals surface area contributed by atoms with E-state index < -0.39 is 17.4 Å². The smallest absolute Gasteiger partial charge is 0.254 e. The van der Waals surface area contributed by atoms with Crippen molar-refractivity contribution in [2.45, 2.75) is 31.4 Å². The molecule has 2 unspecified atom stereocenters.